The van der Waals surface area contributed by atoms with Crippen LogP contribution >= 0.6 is 0 Å². The fourth-order valence-corrected chi connectivity index (χ4v) is 3.25. The highest BCUT2D eigenvalue weighted by molar-refractivity contribution is 5.82. The highest BCUT2D eigenvalue weighted by atomic mass is 16.2. The second-order valence-corrected chi connectivity index (χ2v) is 6.47. The molecule has 1 atom stereocenters. The summed E-state index contributed by atoms with van der Waals surface area (Å²) in [7, 11) is 0. The summed E-state index contributed by atoms with van der Waals surface area (Å²) < 4.78 is 0. The second kappa shape index (κ2) is 8.46. The molecule has 1 N–H and O–H groups in total. The van der Waals surface area contributed by atoms with Gasteiger partial charge in [-0.3, -0.25) is 4.79 Å². The summed E-state index contributed by atoms with van der Waals surface area (Å²) in [6.07, 6.45) is 2.86. The molecular weight excluding hydrogens is 310 g/mol. The topological polar surface area (TPSA) is 56.1 Å². The van der Waals surface area contributed by atoms with Gasteiger partial charge in [0.25, 0.3) is 0 Å². The quantitative estimate of drug-likeness (QED) is 0.884. The van der Waals surface area contributed by atoms with Crippen LogP contribution in [0.4, 0.5) is 0 Å². The molecule has 0 aliphatic carbocycles. The van der Waals surface area contributed by atoms with E-state index in [1.807, 2.05) is 41.3 Å². The minimum atomic E-state index is -0.244. The molecule has 25 heavy (non-hydrogen) atoms. The van der Waals surface area contributed by atoms with E-state index in [0.29, 0.717) is 18.5 Å². The van der Waals surface area contributed by atoms with Crippen molar-refractivity contribution in [3.05, 3.63) is 71.3 Å². The molecule has 2 aromatic rings. The van der Waals surface area contributed by atoms with E-state index in [2.05, 4.69) is 23.5 Å². The third kappa shape index (κ3) is 4.68. The third-order valence-electron chi connectivity index (χ3n) is 4.61. The van der Waals surface area contributed by atoms with E-state index < -0.39 is 0 Å². The van der Waals surface area contributed by atoms with E-state index in [-0.39, 0.29) is 11.9 Å². The highest BCUT2D eigenvalue weighted by Crippen LogP contribution is 2.13. The molecule has 4 nitrogen and oxygen atoms in total. The van der Waals surface area contributed by atoms with Crippen molar-refractivity contribution in [2.24, 2.45) is 0 Å². The van der Waals surface area contributed by atoms with E-state index in [9.17, 15) is 4.79 Å². The van der Waals surface area contributed by atoms with E-state index in [4.69, 9.17) is 5.26 Å². The maximum atomic E-state index is 12.9. The Labute approximate surface area is 149 Å². The van der Waals surface area contributed by atoms with Gasteiger partial charge in [0.05, 0.1) is 17.7 Å². The zero-order chi connectivity index (χ0) is 17.5. The summed E-state index contributed by atoms with van der Waals surface area (Å²) in [5.74, 6) is 0.179. The third-order valence-corrected chi connectivity index (χ3v) is 4.61. The molecule has 1 fully saturated rings. The number of rotatable bonds is 6. The van der Waals surface area contributed by atoms with Gasteiger partial charge in [-0.2, -0.15) is 5.26 Å². The fraction of sp³-hybridized carbons (Fsp3) is 0.333. The van der Waals surface area contributed by atoms with Crippen LogP contribution in [0.2, 0.25) is 0 Å². The zero-order valence-corrected chi connectivity index (χ0v) is 14.3. The van der Waals surface area contributed by atoms with Crippen LogP contribution in [0.25, 0.3) is 0 Å². The van der Waals surface area contributed by atoms with Crippen LogP contribution in [-0.4, -0.2) is 29.9 Å². The summed E-state index contributed by atoms with van der Waals surface area (Å²) in [5.41, 5.74) is 2.81. The average molecular weight is 333 g/mol. The number of carbonyl (C=O) groups is 1. The maximum Gasteiger partial charge on any atom is 0.240 e. The summed E-state index contributed by atoms with van der Waals surface area (Å²) in [6.45, 7) is 2.29. The standard InChI is InChI=1S/C21H23N3O/c22-15-18-9-6-10-19(13-18)16-23-20(14-17-7-2-1-3-8-17)21(25)24-11-4-5-12-24/h1-3,6-10,13,20,23H,4-5,11-12,14,16H2/t20-/m0/s1. The number of carbonyl (C=O) groups excluding carboxylic acids is 1. The van der Waals surface area contributed by atoms with Crippen molar-refractivity contribution in [1.29, 1.82) is 5.26 Å². The molecule has 0 bridgehead atoms. The molecule has 1 amide bonds. The number of nitrogens with one attached hydrogen (secondary N) is 1. The van der Waals surface area contributed by atoms with Gasteiger partial charge in [-0.25, -0.2) is 0 Å². The first-order valence-corrected chi connectivity index (χ1v) is 8.81. The Morgan fingerprint density at radius 2 is 1.80 bits per heavy atom. The molecule has 1 heterocycles. The lowest BCUT2D eigenvalue weighted by Gasteiger charge is -2.24. The molecule has 1 saturated heterocycles. The van der Waals surface area contributed by atoms with E-state index in [0.717, 1.165) is 37.1 Å². The van der Waals surface area contributed by atoms with Gasteiger partial charge < -0.3 is 10.2 Å². The SMILES string of the molecule is N#Cc1cccc(CN[C@@H](Cc2ccccc2)C(=O)N2CCCC2)c1. The van der Waals surface area contributed by atoms with Crippen LogP contribution in [0.3, 0.4) is 0 Å². The zero-order valence-electron chi connectivity index (χ0n) is 14.3. The molecule has 0 saturated carbocycles. The number of likely N-dealkylation sites (tertiary alicyclic amines) is 1. The van der Waals surface area contributed by atoms with Gasteiger partial charge >= 0.3 is 0 Å². The Hall–Kier alpha value is -2.64. The molecular formula is C21H23N3O. The van der Waals surface area contributed by atoms with Crippen LogP contribution in [-0.2, 0) is 17.8 Å². The largest absolute Gasteiger partial charge is 0.341 e. The van der Waals surface area contributed by atoms with Crippen LogP contribution in [0, 0.1) is 11.3 Å². The summed E-state index contributed by atoms with van der Waals surface area (Å²) in [5, 5.41) is 12.4. The van der Waals surface area contributed by atoms with Gasteiger partial charge in [-0.15, -0.1) is 0 Å². The number of amides is 1. The van der Waals surface area contributed by atoms with Gasteiger partial charge in [-0.1, -0.05) is 42.5 Å². The molecule has 0 unspecified atom stereocenters. The monoisotopic (exact) mass is 333 g/mol. The Bertz CT molecular complexity index is 745. The van der Waals surface area contributed by atoms with Crippen molar-refractivity contribution in [2.45, 2.75) is 31.8 Å². The van der Waals surface area contributed by atoms with E-state index >= 15 is 0 Å². The summed E-state index contributed by atoms with van der Waals surface area (Å²) >= 11 is 0. The molecule has 4 heteroatoms. The first-order valence-electron chi connectivity index (χ1n) is 8.81. The van der Waals surface area contributed by atoms with Crippen molar-refractivity contribution in [3.63, 3.8) is 0 Å². The van der Waals surface area contributed by atoms with Crippen LogP contribution in [0.1, 0.15) is 29.5 Å². The number of benzene rings is 2. The molecule has 0 spiro atoms. The number of nitriles is 1. The Balaban J connectivity index is 1.71. The lowest BCUT2D eigenvalue weighted by atomic mass is 10.0. The van der Waals surface area contributed by atoms with Gasteiger partial charge in [0, 0.05) is 19.6 Å². The molecule has 128 valence electrons. The molecule has 0 aromatic heterocycles. The molecule has 3 rings (SSSR count). The van der Waals surface area contributed by atoms with Crippen molar-refractivity contribution in [1.82, 2.24) is 10.2 Å². The van der Waals surface area contributed by atoms with Crippen molar-refractivity contribution in [2.75, 3.05) is 13.1 Å². The van der Waals surface area contributed by atoms with Crippen molar-refractivity contribution < 1.29 is 4.79 Å². The minimum Gasteiger partial charge on any atom is -0.341 e. The van der Waals surface area contributed by atoms with Gasteiger partial charge in [0.1, 0.15) is 0 Å². The fourth-order valence-electron chi connectivity index (χ4n) is 3.25. The van der Waals surface area contributed by atoms with Gasteiger partial charge in [-0.05, 0) is 42.5 Å². The highest BCUT2D eigenvalue weighted by Gasteiger charge is 2.26. The normalized spacial score (nSPS) is 14.9. The Morgan fingerprint density at radius 3 is 2.52 bits per heavy atom. The van der Waals surface area contributed by atoms with Crippen LogP contribution < -0.4 is 5.32 Å². The van der Waals surface area contributed by atoms with Gasteiger partial charge in [0.15, 0.2) is 0 Å². The average Bonchev–Trinajstić information content (AvgIpc) is 3.20. The van der Waals surface area contributed by atoms with E-state index in [1.165, 1.54) is 0 Å². The predicted octanol–water partition coefficient (Wildman–Crippen LogP) is 2.88. The molecule has 2 aromatic carbocycles. The minimum absolute atomic E-state index is 0.179. The molecule has 0 radical (unpaired) electrons. The van der Waals surface area contributed by atoms with Crippen LogP contribution in [0.5, 0.6) is 0 Å². The first-order chi connectivity index (χ1) is 12.3. The number of nitrogens with zero attached hydrogens (tertiary/aromatic N) is 2. The Kier molecular flexibility index (Phi) is 5.81. The Morgan fingerprint density at radius 1 is 1.08 bits per heavy atom. The smallest absolute Gasteiger partial charge is 0.240 e. The predicted molar refractivity (Wildman–Crippen MR) is 97.7 cm³/mol. The van der Waals surface area contributed by atoms with E-state index in [1.54, 1.807) is 6.07 Å². The van der Waals surface area contributed by atoms with Crippen molar-refractivity contribution >= 4 is 5.91 Å². The molecule has 1 aliphatic heterocycles. The second-order valence-electron chi connectivity index (χ2n) is 6.47. The van der Waals surface area contributed by atoms with Gasteiger partial charge in [0.2, 0.25) is 5.91 Å². The summed E-state index contributed by atoms with van der Waals surface area (Å²) in [4.78, 5) is 14.9. The molecule has 1 aliphatic rings. The number of hydrogen-bond donors (Lipinski definition) is 1. The lowest BCUT2D eigenvalue weighted by Crippen LogP contribution is -2.46. The van der Waals surface area contributed by atoms with Crippen LogP contribution in [0.15, 0.2) is 54.6 Å². The number of hydrogen-bond acceptors (Lipinski definition) is 3. The first kappa shape index (κ1) is 17.2. The maximum absolute atomic E-state index is 12.9. The summed E-state index contributed by atoms with van der Waals surface area (Å²) in [6, 6.07) is 19.5. The van der Waals surface area contributed by atoms with Crippen molar-refractivity contribution in [3.8, 4) is 6.07 Å². The lowest BCUT2D eigenvalue weighted by molar-refractivity contribution is -0.132.